The molecule has 0 aromatic heterocycles. The first-order valence-electron chi connectivity index (χ1n) is 6.49. The summed E-state index contributed by atoms with van der Waals surface area (Å²) in [5.74, 6) is 0.257. The van der Waals surface area contributed by atoms with Crippen molar-refractivity contribution in [3.63, 3.8) is 0 Å². The number of amides is 1. The normalized spacial score (nSPS) is 22.5. The van der Waals surface area contributed by atoms with Crippen LogP contribution in [0.3, 0.4) is 0 Å². The lowest BCUT2D eigenvalue weighted by molar-refractivity contribution is 0.0934. The Balaban J connectivity index is 2.04. The van der Waals surface area contributed by atoms with Crippen molar-refractivity contribution in [3.8, 4) is 0 Å². The van der Waals surface area contributed by atoms with Gasteiger partial charge in [-0.25, -0.2) is 4.39 Å². The van der Waals surface area contributed by atoms with Crippen molar-refractivity contribution < 1.29 is 9.18 Å². The fraction of sp³-hybridized carbons (Fsp3) is 0.500. The van der Waals surface area contributed by atoms with Crippen molar-refractivity contribution in [1.82, 2.24) is 5.32 Å². The molecule has 2 atom stereocenters. The van der Waals surface area contributed by atoms with Crippen LogP contribution in [0.25, 0.3) is 0 Å². The van der Waals surface area contributed by atoms with Gasteiger partial charge in [0.25, 0.3) is 5.91 Å². The molecule has 1 saturated carbocycles. The Morgan fingerprint density at radius 3 is 3.00 bits per heavy atom. The Hall–Kier alpha value is -0.550. The zero-order valence-electron chi connectivity index (χ0n) is 10.8. The first kappa shape index (κ1) is 14.9. The van der Waals surface area contributed by atoms with E-state index in [1.807, 2.05) is 11.8 Å². The minimum atomic E-state index is -0.482. The lowest BCUT2D eigenvalue weighted by Gasteiger charge is -2.20. The fourth-order valence-electron chi connectivity index (χ4n) is 2.42. The van der Waals surface area contributed by atoms with Crippen LogP contribution < -0.4 is 5.32 Å². The van der Waals surface area contributed by atoms with E-state index in [4.69, 9.17) is 0 Å². The van der Waals surface area contributed by atoms with Gasteiger partial charge < -0.3 is 5.32 Å². The lowest BCUT2D eigenvalue weighted by atomic mass is 10.1. The predicted octanol–water partition coefficient (Wildman–Crippen LogP) is 3.99. The van der Waals surface area contributed by atoms with Crippen molar-refractivity contribution in [2.45, 2.75) is 37.5 Å². The summed E-state index contributed by atoms with van der Waals surface area (Å²) in [5.41, 5.74) is 0.121. The summed E-state index contributed by atoms with van der Waals surface area (Å²) in [7, 11) is 0. The van der Waals surface area contributed by atoms with Gasteiger partial charge in [0.2, 0.25) is 0 Å². The van der Waals surface area contributed by atoms with Gasteiger partial charge in [-0.3, -0.25) is 4.79 Å². The average molecular weight is 346 g/mol. The highest BCUT2D eigenvalue weighted by atomic mass is 79.9. The van der Waals surface area contributed by atoms with Gasteiger partial charge >= 0.3 is 0 Å². The summed E-state index contributed by atoms with van der Waals surface area (Å²) in [6, 6.07) is 4.69. The Kier molecular flexibility index (Phi) is 5.28. The van der Waals surface area contributed by atoms with E-state index in [0.717, 1.165) is 25.0 Å². The number of thioether (sulfide) groups is 1. The maximum absolute atomic E-state index is 13.7. The minimum Gasteiger partial charge on any atom is -0.348 e. The van der Waals surface area contributed by atoms with Crippen LogP contribution in [0.5, 0.6) is 0 Å². The Labute approximate surface area is 125 Å². The molecule has 0 saturated heterocycles. The van der Waals surface area contributed by atoms with Crippen molar-refractivity contribution >= 4 is 33.6 Å². The third-order valence-electron chi connectivity index (χ3n) is 3.33. The molecule has 1 aliphatic carbocycles. The molecule has 1 fully saturated rings. The van der Waals surface area contributed by atoms with Gasteiger partial charge in [0.05, 0.1) is 5.56 Å². The van der Waals surface area contributed by atoms with Gasteiger partial charge in [-0.2, -0.15) is 11.8 Å². The van der Waals surface area contributed by atoms with Crippen molar-refractivity contribution in [2.24, 2.45) is 0 Å². The Bertz CT molecular complexity index is 469. The third kappa shape index (κ3) is 3.72. The molecule has 0 bridgehead atoms. The second-order valence-electron chi connectivity index (χ2n) is 4.63. The van der Waals surface area contributed by atoms with Gasteiger partial charge in [-0.15, -0.1) is 0 Å². The summed E-state index contributed by atoms with van der Waals surface area (Å²) in [5, 5.41) is 3.44. The zero-order chi connectivity index (χ0) is 13.8. The maximum atomic E-state index is 13.7. The largest absolute Gasteiger partial charge is 0.348 e. The van der Waals surface area contributed by atoms with Crippen LogP contribution >= 0.6 is 27.7 Å². The summed E-state index contributed by atoms with van der Waals surface area (Å²) in [4.78, 5) is 12.1. The van der Waals surface area contributed by atoms with Crippen LogP contribution in [0.4, 0.5) is 4.39 Å². The van der Waals surface area contributed by atoms with Gasteiger partial charge in [0, 0.05) is 15.8 Å². The molecule has 0 aliphatic heterocycles. The number of hydrogen-bond acceptors (Lipinski definition) is 2. The molecule has 1 amide bonds. The van der Waals surface area contributed by atoms with Gasteiger partial charge in [-0.1, -0.05) is 29.3 Å². The van der Waals surface area contributed by atoms with Crippen LogP contribution in [0, 0.1) is 5.82 Å². The average Bonchev–Trinajstić information content (AvgIpc) is 2.77. The topological polar surface area (TPSA) is 29.1 Å². The van der Waals surface area contributed by atoms with Crippen molar-refractivity contribution in [1.29, 1.82) is 0 Å². The Morgan fingerprint density at radius 1 is 1.53 bits per heavy atom. The molecule has 0 spiro atoms. The van der Waals surface area contributed by atoms with Crippen LogP contribution in [0.2, 0.25) is 0 Å². The van der Waals surface area contributed by atoms with E-state index in [1.54, 1.807) is 6.07 Å². The van der Waals surface area contributed by atoms with Gasteiger partial charge in [0.1, 0.15) is 5.82 Å². The minimum absolute atomic E-state index is 0.121. The van der Waals surface area contributed by atoms with Crippen LogP contribution in [-0.2, 0) is 0 Å². The first-order valence-corrected chi connectivity index (χ1v) is 8.33. The first-order chi connectivity index (χ1) is 9.11. The third-order valence-corrected chi connectivity index (χ3v) is 5.14. The second kappa shape index (κ2) is 6.75. The monoisotopic (exact) mass is 345 g/mol. The quantitative estimate of drug-likeness (QED) is 0.893. The number of halogens is 2. The molecule has 1 aromatic carbocycles. The number of nitrogens with one attached hydrogen (secondary N) is 1. The standard InChI is InChI=1S/C14H17BrFNOS/c1-2-19-13-5-3-4-12(13)17-14(18)10-7-6-9(15)8-11(10)16/h6-8,12-13H,2-5H2,1H3,(H,17,18). The number of benzene rings is 1. The van der Waals surface area contributed by atoms with Crippen molar-refractivity contribution in [3.05, 3.63) is 34.1 Å². The molecule has 1 N–H and O–H groups in total. The summed E-state index contributed by atoms with van der Waals surface area (Å²) >= 11 is 5.06. The van der Waals surface area contributed by atoms with Crippen LogP contribution in [0.1, 0.15) is 36.5 Å². The van der Waals surface area contributed by atoms with Gasteiger partial charge in [-0.05, 0) is 36.8 Å². The molecule has 5 heteroatoms. The van der Waals surface area contributed by atoms with E-state index in [1.165, 1.54) is 12.1 Å². The van der Waals surface area contributed by atoms with Gasteiger partial charge in [0.15, 0.2) is 0 Å². The summed E-state index contributed by atoms with van der Waals surface area (Å²) in [6.45, 7) is 2.12. The molecule has 1 aromatic rings. The number of carbonyl (C=O) groups excluding carboxylic acids is 1. The highest BCUT2D eigenvalue weighted by molar-refractivity contribution is 9.10. The number of carbonyl (C=O) groups is 1. The van der Waals surface area contributed by atoms with Crippen LogP contribution in [-0.4, -0.2) is 23.0 Å². The maximum Gasteiger partial charge on any atom is 0.254 e. The summed E-state index contributed by atoms with van der Waals surface area (Å²) in [6.07, 6.45) is 3.25. The van der Waals surface area contributed by atoms with E-state index in [2.05, 4.69) is 28.2 Å². The lowest BCUT2D eigenvalue weighted by Crippen LogP contribution is -2.39. The highest BCUT2D eigenvalue weighted by Gasteiger charge is 2.29. The Morgan fingerprint density at radius 2 is 2.32 bits per heavy atom. The molecule has 104 valence electrons. The van der Waals surface area contributed by atoms with Crippen LogP contribution in [0.15, 0.2) is 22.7 Å². The fourth-order valence-corrected chi connectivity index (χ4v) is 3.96. The molecule has 2 nitrogen and oxygen atoms in total. The number of rotatable bonds is 4. The molecule has 2 rings (SSSR count). The molecule has 0 radical (unpaired) electrons. The molecular formula is C14H17BrFNOS. The number of hydrogen-bond donors (Lipinski definition) is 1. The van der Waals surface area contributed by atoms with Crippen molar-refractivity contribution in [2.75, 3.05) is 5.75 Å². The predicted molar refractivity (Wildman–Crippen MR) is 81.1 cm³/mol. The highest BCUT2D eigenvalue weighted by Crippen LogP contribution is 2.30. The smallest absolute Gasteiger partial charge is 0.254 e. The van der Waals surface area contributed by atoms with E-state index < -0.39 is 5.82 Å². The zero-order valence-corrected chi connectivity index (χ0v) is 13.2. The molecule has 2 unspecified atom stereocenters. The molecule has 0 heterocycles. The van der Waals surface area contributed by atoms with E-state index in [0.29, 0.717) is 9.72 Å². The van der Waals surface area contributed by atoms with E-state index in [9.17, 15) is 9.18 Å². The summed E-state index contributed by atoms with van der Waals surface area (Å²) < 4.78 is 14.4. The molecule has 1 aliphatic rings. The van der Waals surface area contributed by atoms with E-state index in [-0.39, 0.29) is 17.5 Å². The molecule has 19 heavy (non-hydrogen) atoms. The molecular weight excluding hydrogens is 329 g/mol. The SMILES string of the molecule is CCSC1CCCC1NC(=O)c1ccc(Br)cc1F. The van der Waals surface area contributed by atoms with E-state index >= 15 is 0 Å². The second-order valence-corrected chi connectivity index (χ2v) is 7.06.